The van der Waals surface area contributed by atoms with Crippen LogP contribution in [0.3, 0.4) is 0 Å². The van der Waals surface area contributed by atoms with Crippen LogP contribution in [0.1, 0.15) is 23.2 Å². The molecule has 0 unspecified atom stereocenters. The molecule has 4 heterocycles. The molecular weight excluding hydrogens is 340 g/mol. The Labute approximate surface area is 157 Å². The molecule has 0 N–H and O–H groups in total. The summed E-state index contributed by atoms with van der Waals surface area (Å²) in [6.07, 6.45) is 10.3. The number of nitrogens with zero attached hydrogens (tertiary/aromatic N) is 4. The number of aromatic nitrogens is 3. The Morgan fingerprint density at radius 2 is 1.78 bits per heavy atom. The van der Waals surface area contributed by atoms with Crippen molar-refractivity contribution < 1.29 is 9.53 Å². The Bertz CT molecular complexity index is 877. The maximum atomic E-state index is 12.7. The van der Waals surface area contributed by atoms with Gasteiger partial charge in [0.2, 0.25) is 0 Å². The molecule has 1 fully saturated rings. The normalized spacial score (nSPS) is 14.7. The SMILES string of the molecule is O=C(c1ccc(-c2ccncc2)nc1)N1CCC(Oc2cccnc2)CC1. The van der Waals surface area contributed by atoms with E-state index >= 15 is 0 Å². The summed E-state index contributed by atoms with van der Waals surface area (Å²) in [4.78, 5) is 27.1. The van der Waals surface area contributed by atoms with Crippen LogP contribution in [0.25, 0.3) is 11.3 Å². The summed E-state index contributed by atoms with van der Waals surface area (Å²) in [5, 5.41) is 0. The maximum absolute atomic E-state index is 12.7. The highest BCUT2D eigenvalue weighted by Crippen LogP contribution is 2.20. The fourth-order valence-corrected chi connectivity index (χ4v) is 3.18. The van der Waals surface area contributed by atoms with E-state index in [1.807, 2.05) is 41.3 Å². The van der Waals surface area contributed by atoms with Crippen LogP contribution in [0.4, 0.5) is 0 Å². The Kier molecular flexibility index (Phi) is 5.05. The van der Waals surface area contributed by atoms with Crippen LogP contribution in [0.2, 0.25) is 0 Å². The van der Waals surface area contributed by atoms with Crippen molar-refractivity contribution >= 4 is 5.91 Å². The molecule has 6 heteroatoms. The number of rotatable bonds is 4. The molecule has 1 amide bonds. The third-order valence-electron chi connectivity index (χ3n) is 4.65. The number of carbonyl (C=O) groups is 1. The lowest BCUT2D eigenvalue weighted by atomic mass is 10.1. The van der Waals surface area contributed by atoms with Crippen LogP contribution in [0.15, 0.2) is 67.4 Å². The molecule has 0 spiro atoms. The third kappa shape index (κ3) is 4.11. The minimum atomic E-state index is 0.0172. The Balaban J connectivity index is 1.35. The predicted octanol–water partition coefficient (Wildman–Crippen LogP) is 3.22. The Hall–Kier alpha value is -3.28. The van der Waals surface area contributed by atoms with E-state index in [2.05, 4.69) is 15.0 Å². The van der Waals surface area contributed by atoms with Gasteiger partial charge in [0.1, 0.15) is 11.9 Å². The zero-order chi connectivity index (χ0) is 18.5. The zero-order valence-electron chi connectivity index (χ0n) is 14.9. The molecule has 0 radical (unpaired) electrons. The van der Waals surface area contributed by atoms with Gasteiger partial charge in [0.05, 0.1) is 17.5 Å². The summed E-state index contributed by atoms with van der Waals surface area (Å²) in [6.45, 7) is 1.35. The van der Waals surface area contributed by atoms with Gasteiger partial charge in [-0.3, -0.25) is 19.7 Å². The molecule has 0 atom stereocenters. The highest BCUT2D eigenvalue weighted by molar-refractivity contribution is 5.94. The first-order chi connectivity index (χ1) is 13.3. The lowest BCUT2D eigenvalue weighted by Gasteiger charge is -2.32. The average molecular weight is 360 g/mol. The number of pyridine rings is 3. The van der Waals surface area contributed by atoms with E-state index in [1.54, 1.807) is 31.0 Å². The van der Waals surface area contributed by atoms with Crippen molar-refractivity contribution in [2.45, 2.75) is 18.9 Å². The molecule has 3 aromatic heterocycles. The third-order valence-corrected chi connectivity index (χ3v) is 4.65. The lowest BCUT2D eigenvalue weighted by Crippen LogP contribution is -2.41. The molecule has 3 aromatic rings. The van der Waals surface area contributed by atoms with Gasteiger partial charge in [-0.15, -0.1) is 0 Å². The van der Waals surface area contributed by atoms with E-state index in [4.69, 9.17) is 4.74 Å². The van der Waals surface area contributed by atoms with Crippen molar-refractivity contribution in [1.82, 2.24) is 19.9 Å². The number of piperidine rings is 1. The molecule has 27 heavy (non-hydrogen) atoms. The van der Waals surface area contributed by atoms with Crippen molar-refractivity contribution in [3.63, 3.8) is 0 Å². The molecule has 1 aliphatic heterocycles. The molecule has 6 nitrogen and oxygen atoms in total. The number of hydrogen-bond donors (Lipinski definition) is 0. The summed E-state index contributed by atoms with van der Waals surface area (Å²) < 4.78 is 5.94. The fourth-order valence-electron chi connectivity index (χ4n) is 3.18. The topological polar surface area (TPSA) is 68.2 Å². The van der Waals surface area contributed by atoms with E-state index in [9.17, 15) is 4.79 Å². The van der Waals surface area contributed by atoms with Gasteiger partial charge in [0.15, 0.2) is 0 Å². The van der Waals surface area contributed by atoms with E-state index in [1.165, 1.54) is 0 Å². The fraction of sp³-hybridized carbons (Fsp3) is 0.238. The van der Waals surface area contributed by atoms with Crippen LogP contribution in [-0.4, -0.2) is 45.0 Å². The highest BCUT2D eigenvalue weighted by Gasteiger charge is 2.25. The molecule has 1 saturated heterocycles. The van der Waals surface area contributed by atoms with Gasteiger partial charge in [-0.05, 0) is 36.4 Å². The van der Waals surface area contributed by atoms with E-state index in [-0.39, 0.29) is 12.0 Å². The van der Waals surface area contributed by atoms with E-state index in [0.717, 1.165) is 29.8 Å². The zero-order valence-corrected chi connectivity index (χ0v) is 14.9. The van der Waals surface area contributed by atoms with Gasteiger partial charge in [-0.2, -0.15) is 0 Å². The molecular formula is C21H20N4O2. The van der Waals surface area contributed by atoms with Crippen molar-refractivity contribution in [2.24, 2.45) is 0 Å². The first-order valence-electron chi connectivity index (χ1n) is 9.02. The van der Waals surface area contributed by atoms with Gasteiger partial charge >= 0.3 is 0 Å². The molecule has 0 aliphatic carbocycles. The van der Waals surface area contributed by atoms with Gasteiger partial charge in [0.25, 0.3) is 5.91 Å². The summed E-state index contributed by atoms with van der Waals surface area (Å²) in [5.41, 5.74) is 2.43. The van der Waals surface area contributed by atoms with Crippen LogP contribution in [0.5, 0.6) is 5.75 Å². The van der Waals surface area contributed by atoms with Crippen molar-refractivity contribution in [2.75, 3.05) is 13.1 Å². The summed E-state index contributed by atoms with van der Waals surface area (Å²) in [6, 6.07) is 11.3. The number of ether oxygens (including phenoxy) is 1. The van der Waals surface area contributed by atoms with Crippen LogP contribution in [-0.2, 0) is 0 Å². The number of likely N-dealkylation sites (tertiary alicyclic amines) is 1. The molecule has 136 valence electrons. The van der Waals surface area contributed by atoms with Crippen molar-refractivity contribution in [3.8, 4) is 17.0 Å². The van der Waals surface area contributed by atoms with Crippen molar-refractivity contribution in [3.05, 3.63) is 72.9 Å². The lowest BCUT2D eigenvalue weighted by molar-refractivity contribution is 0.0594. The second-order valence-corrected chi connectivity index (χ2v) is 6.47. The van der Waals surface area contributed by atoms with Gasteiger partial charge in [-0.25, -0.2) is 0 Å². The largest absolute Gasteiger partial charge is 0.489 e. The number of amides is 1. The minimum absolute atomic E-state index is 0.0172. The molecule has 4 rings (SSSR count). The summed E-state index contributed by atoms with van der Waals surface area (Å²) in [7, 11) is 0. The standard InChI is InChI=1S/C21H20N4O2/c26-21(17-3-4-20(24-14-17)16-5-10-22-11-6-16)25-12-7-18(8-13-25)27-19-2-1-9-23-15-19/h1-6,9-11,14-15,18H,7-8,12-13H2. The number of hydrogen-bond acceptors (Lipinski definition) is 5. The molecule has 1 aliphatic rings. The Morgan fingerprint density at radius 1 is 0.963 bits per heavy atom. The van der Waals surface area contributed by atoms with Crippen LogP contribution < -0.4 is 4.74 Å². The van der Waals surface area contributed by atoms with E-state index < -0.39 is 0 Å². The molecule has 0 saturated carbocycles. The van der Waals surface area contributed by atoms with Crippen LogP contribution in [0, 0.1) is 0 Å². The molecule has 0 bridgehead atoms. The first kappa shape index (κ1) is 17.1. The average Bonchev–Trinajstić information content (AvgIpc) is 2.75. The molecule has 0 aromatic carbocycles. The predicted molar refractivity (Wildman–Crippen MR) is 101 cm³/mol. The van der Waals surface area contributed by atoms with Gasteiger partial charge in [0, 0.05) is 56.3 Å². The monoisotopic (exact) mass is 360 g/mol. The van der Waals surface area contributed by atoms with Gasteiger partial charge in [-0.1, -0.05) is 0 Å². The second kappa shape index (κ2) is 7.95. The quantitative estimate of drug-likeness (QED) is 0.715. The van der Waals surface area contributed by atoms with E-state index in [0.29, 0.717) is 18.7 Å². The maximum Gasteiger partial charge on any atom is 0.255 e. The minimum Gasteiger partial charge on any atom is -0.489 e. The first-order valence-corrected chi connectivity index (χ1v) is 9.02. The smallest absolute Gasteiger partial charge is 0.255 e. The Morgan fingerprint density at radius 3 is 2.44 bits per heavy atom. The van der Waals surface area contributed by atoms with Crippen LogP contribution >= 0.6 is 0 Å². The second-order valence-electron chi connectivity index (χ2n) is 6.47. The van der Waals surface area contributed by atoms with Crippen molar-refractivity contribution in [1.29, 1.82) is 0 Å². The van der Waals surface area contributed by atoms with Gasteiger partial charge < -0.3 is 9.64 Å². The summed E-state index contributed by atoms with van der Waals surface area (Å²) >= 11 is 0. The highest BCUT2D eigenvalue weighted by atomic mass is 16.5. The summed E-state index contributed by atoms with van der Waals surface area (Å²) in [5.74, 6) is 0.793. The number of carbonyl (C=O) groups excluding carboxylic acids is 1.